The molecule has 1 aromatic heterocycles. The summed E-state index contributed by atoms with van der Waals surface area (Å²) in [7, 11) is 1.70. The fraction of sp³-hybridized carbons (Fsp3) is 0.333. The lowest BCUT2D eigenvalue weighted by molar-refractivity contribution is 0.409. The van der Waals surface area contributed by atoms with Crippen molar-refractivity contribution in [1.82, 2.24) is 0 Å². The number of hydrogen-bond donors (Lipinski definition) is 1. The lowest BCUT2D eigenvalue weighted by atomic mass is 10.1. The predicted octanol–water partition coefficient (Wildman–Crippen LogP) is 3.83. The van der Waals surface area contributed by atoms with Gasteiger partial charge in [0.25, 0.3) is 0 Å². The Labute approximate surface area is 108 Å². The summed E-state index contributed by atoms with van der Waals surface area (Å²) in [4.78, 5) is 0. The van der Waals surface area contributed by atoms with Crippen LogP contribution in [0, 0.1) is 20.8 Å². The maximum Gasteiger partial charge on any atom is 0.126 e. The van der Waals surface area contributed by atoms with Crippen LogP contribution < -0.4 is 10.1 Å². The molecule has 0 aliphatic heterocycles. The summed E-state index contributed by atoms with van der Waals surface area (Å²) in [5.74, 6) is 2.81. The van der Waals surface area contributed by atoms with Crippen molar-refractivity contribution in [2.45, 2.75) is 27.3 Å². The molecule has 0 aliphatic carbocycles. The van der Waals surface area contributed by atoms with Crippen LogP contribution in [0.25, 0.3) is 0 Å². The summed E-state index contributed by atoms with van der Waals surface area (Å²) in [5, 5.41) is 3.37. The summed E-state index contributed by atoms with van der Waals surface area (Å²) >= 11 is 0. The van der Waals surface area contributed by atoms with Crippen molar-refractivity contribution >= 4 is 5.69 Å². The van der Waals surface area contributed by atoms with Gasteiger partial charge in [-0.05, 0) is 44.5 Å². The first-order valence-electron chi connectivity index (χ1n) is 6.05. The Balaban J connectivity index is 2.14. The van der Waals surface area contributed by atoms with E-state index in [0.717, 1.165) is 34.1 Å². The third kappa shape index (κ3) is 2.50. The highest BCUT2D eigenvalue weighted by atomic mass is 16.5. The van der Waals surface area contributed by atoms with E-state index in [9.17, 15) is 0 Å². The second kappa shape index (κ2) is 5.17. The zero-order valence-electron chi connectivity index (χ0n) is 11.3. The molecular weight excluding hydrogens is 226 g/mol. The summed E-state index contributed by atoms with van der Waals surface area (Å²) < 4.78 is 10.9. The van der Waals surface area contributed by atoms with E-state index in [2.05, 4.69) is 24.4 Å². The summed E-state index contributed by atoms with van der Waals surface area (Å²) in [6.07, 6.45) is 0. The van der Waals surface area contributed by atoms with Gasteiger partial charge < -0.3 is 14.5 Å². The van der Waals surface area contributed by atoms with E-state index in [-0.39, 0.29) is 0 Å². The number of furan rings is 1. The Bertz CT molecular complexity index is 543. The van der Waals surface area contributed by atoms with Crippen molar-refractivity contribution in [3.8, 4) is 5.75 Å². The topological polar surface area (TPSA) is 34.4 Å². The number of ether oxygens (including phenoxy) is 1. The molecule has 96 valence electrons. The van der Waals surface area contributed by atoms with E-state index in [1.807, 2.05) is 26.0 Å². The lowest BCUT2D eigenvalue weighted by Crippen LogP contribution is -2.02. The van der Waals surface area contributed by atoms with Gasteiger partial charge in [0.15, 0.2) is 0 Å². The van der Waals surface area contributed by atoms with Crippen LogP contribution in [0.3, 0.4) is 0 Å². The van der Waals surface area contributed by atoms with Gasteiger partial charge in [0.2, 0.25) is 0 Å². The van der Waals surface area contributed by atoms with E-state index in [1.165, 1.54) is 0 Å². The summed E-state index contributed by atoms with van der Waals surface area (Å²) in [6.45, 7) is 6.73. The van der Waals surface area contributed by atoms with Crippen molar-refractivity contribution < 1.29 is 9.15 Å². The quantitative estimate of drug-likeness (QED) is 0.889. The van der Waals surface area contributed by atoms with E-state index < -0.39 is 0 Å². The fourth-order valence-electron chi connectivity index (χ4n) is 2.10. The van der Waals surface area contributed by atoms with Crippen LogP contribution in [0.1, 0.15) is 22.6 Å². The molecule has 0 atom stereocenters. The van der Waals surface area contributed by atoms with Crippen molar-refractivity contribution in [3.63, 3.8) is 0 Å². The first-order chi connectivity index (χ1) is 8.61. The molecule has 18 heavy (non-hydrogen) atoms. The third-order valence-electron chi connectivity index (χ3n) is 3.06. The standard InChI is InChI=1S/C15H19NO2/c1-10-5-8-14(12(3)15(10)17-4)16-9-13-7-6-11(2)18-13/h5-8,16H,9H2,1-4H3. The highest BCUT2D eigenvalue weighted by Crippen LogP contribution is 2.29. The molecule has 0 amide bonds. The number of methoxy groups -OCH3 is 1. The zero-order chi connectivity index (χ0) is 13.1. The molecule has 0 saturated heterocycles. The number of rotatable bonds is 4. The van der Waals surface area contributed by atoms with Crippen LogP contribution in [0.15, 0.2) is 28.7 Å². The molecule has 3 nitrogen and oxygen atoms in total. The molecular formula is C15H19NO2. The third-order valence-corrected chi connectivity index (χ3v) is 3.06. The smallest absolute Gasteiger partial charge is 0.126 e. The van der Waals surface area contributed by atoms with Gasteiger partial charge in [-0.2, -0.15) is 0 Å². The van der Waals surface area contributed by atoms with E-state index >= 15 is 0 Å². The molecule has 0 fully saturated rings. The average Bonchev–Trinajstić information content (AvgIpc) is 2.75. The fourth-order valence-corrected chi connectivity index (χ4v) is 2.10. The molecule has 0 spiro atoms. The SMILES string of the molecule is COc1c(C)ccc(NCc2ccc(C)o2)c1C. The molecule has 0 radical (unpaired) electrons. The van der Waals surface area contributed by atoms with Gasteiger partial charge in [0.05, 0.1) is 13.7 Å². The summed E-state index contributed by atoms with van der Waals surface area (Å²) in [5.41, 5.74) is 3.35. The van der Waals surface area contributed by atoms with Gasteiger partial charge in [-0.3, -0.25) is 0 Å². The molecule has 3 heteroatoms. The Kier molecular flexibility index (Phi) is 3.60. The molecule has 2 rings (SSSR count). The highest BCUT2D eigenvalue weighted by Gasteiger charge is 2.08. The number of anilines is 1. The predicted molar refractivity (Wildman–Crippen MR) is 73.2 cm³/mol. The number of benzene rings is 1. The highest BCUT2D eigenvalue weighted by molar-refractivity contribution is 5.59. The Hall–Kier alpha value is -1.90. The van der Waals surface area contributed by atoms with Crippen molar-refractivity contribution in [2.75, 3.05) is 12.4 Å². The van der Waals surface area contributed by atoms with Gasteiger partial charge >= 0.3 is 0 Å². The molecule has 2 aromatic rings. The van der Waals surface area contributed by atoms with Gasteiger partial charge in [-0.15, -0.1) is 0 Å². The van der Waals surface area contributed by atoms with Gasteiger partial charge in [0.1, 0.15) is 17.3 Å². The number of hydrogen-bond acceptors (Lipinski definition) is 3. The molecule has 0 saturated carbocycles. The van der Waals surface area contributed by atoms with Crippen LogP contribution in [-0.4, -0.2) is 7.11 Å². The van der Waals surface area contributed by atoms with Crippen molar-refractivity contribution in [1.29, 1.82) is 0 Å². The number of nitrogens with one attached hydrogen (secondary N) is 1. The lowest BCUT2D eigenvalue weighted by Gasteiger charge is -2.14. The van der Waals surface area contributed by atoms with E-state index in [0.29, 0.717) is 6.54 Å². The van der Waals surface area contributed by atoms with E-state index in [4.69, 9.17) is 9.15 Å². The Morgan fingerprint density at radius 3 is 2.50 bits per heavy atom. The van der Waals surface area contributed by atoms with Crippen LogP contribution in [0.2, 0.25) is 0 Å². The maximum absolute atomic E-state index is 5.53. The van der Waals surface area contributed by atoms with Crippen LogP contribution in [0.4, 0.5) is 5.69 Å². The average molecular weight is 245 g/mol. The molecule has 1 aromatic carbocycles. The van der Waals surface area contributed by atoms with Crippen LogP contribution in [-0.2, 0) is 6.54 Å². The normalized spacial score (nSPS) is 10.4. The van der Waals surface area contributed by atoms with Crippen molar-refractivity contribution in [2.24, 2.45) is 0 Å². The number of aryl methyl sites for hydroxylation is 2. The second-order valence-electron chi connectivity index (χ2n) is 4.45. The zero-order valence-corrected chi connectivity index (χ0v) is 11.3. The molecule has 0 aliphatic rings. The van der Waals surface area contributed by atoms with Crippen LogP contribution in [0.5, 0.6) is 5.75 Å². The second-order valence-corrected chi connectivity index (χ2v) is 4.45. The minimum atomic E-state index is 0.681. The first kappa shape index (κ1) is 12.6. The van der Waals surface area contributed by atoms with Gasteiger partial charge in [0, 0.05) is 11.3 Å². The Morgan fingerprint density at radius 1 is 1.11 bits per heavy atom. The first-order valence-corrected chi connectivity index (χ1v) is 6.05. The molecule has 1 heterocycles. The Morgan fingerprint density at radius 2 is 1.89 bits per heavy atom. The monoisotopic (exact) mass is 245 g/mol. The molecule has 1 N–H and O–H groups in total. The minimum absolute atomic E-state index is 0.681. The maximum atomic E-state index is 5.53. The molecule has 0 unspecified atom stereocenters. The van der Waals surface area contributed by atoms with E-state index in [1.54, 1.807) is 7.11 Å². The van der Waals surface area contributed by atoms with Gasteiger partial charge in [-0.25, -0.2) is 0 Å². The molecule has 0 bridgehead atoms. The van der Waals surface area contributed by atoms with Crippen LogP contribution >= 0.6 is 0 Å². The largest absolute Gasteiger partial charge is 0.496 e. The van der Waals surface area contributed by atoms with Crippen molar-refractivity contribution in [3.05, 3.63) is 46.9 Å². The minimum Gasteiger partial charge on any atom is -0.496 e. The summed E-state index contributed by atoms with van der Waals surface area (Å²) in [6, 6.07) is 8.09. The van der Waals surface area contributed by atoms with Gasteiger partial charge in [-0.1, -0.05) is 6.07 Å².